The van der Waals surface area contributed by atoms with Crippen molar-refractivity contribution in [3.8, 4) is 0 Å². The van der Waals surface area contributed by atoms with Crippen LogP contribution in [0.25, 0.3) is 0 Å². The van der Waals surface area contributed by atoms with E-state index in [1.807, 2.05) is 19.1 Å². The van der Waals surface area contributed by atoms with Crippen LogP contribution >= 0.6 is 0 Å². The van der Waals surface area contributed by atoms with Crippen LogP contribution in [0.3, 0.4) is 0 Å². The van der Waals surface area contributed by atoms with Gasteiger partial charge in [0, 0.05) is 11.4 Å². The van der Waals surface area contributed by atoms with Crippen molar-refractivity contribution in [2.45, 2.75) is 19.9 Å². The summed E-state index contributed by atoms with van der Waals surface area (Å²) >= 11 is 0. The average molecular weight is 271 g/mol. The van der Waals surface area contributed by atoms with Crippen molar-refractivity contribution >= 4 is 11.6 Å². The topological polar surface area (TPSA) is 88.0 Å². The summed E-state index contributed by atoms with van der Waals surface area (Å²) in [4.78, 5) is 26.4. The molecule has 1 aromatic carbocycles. The molecule has 0 radical (unpaired) electrons. The van der Waals surface area contributed by atoms with Crippen molar-refractivity contribution in [3.63, 3.8) is 0 Å². The lowest BCUT2D eigenvalue weighted by molar-refractivity contribution is 0.0938. The third kappa shape index (κ3) is 3.06. The van der Waals surface area contributed by atoms with E-state index < -0.39 is 5.91 Å². The van der Waals surface area contributed by atoms with E-state index >= 15 is 0 Å². The van der Waals surface area contributed by atoms with E-state index in [0.717, 1.165) is 11.3 Å². The van der Waals surface area contributed by atoms with E-state index in [2.05, 4.69) is 10.3 Å². The Labute approximate surface area is 116 Å². The Morgan fingerprint density at radius 3 is 2.45 bits per heavy atom. The first-order valence-electron chi connectivity index (χ1n) is 6.33. The Kier molecular flexibility index (Phi) is 3.89. The number of nitrogens with two attached hydrogens (primary N) is 1. The summed E-state index contributed by atoms with van der Waals surface area (Å²) < 4.78 is 0. The maximum Gasteiger partial charge on any atom is 0.260 e. The SMILES string of the molecule is Cc1ccc(C(=O)NC(C)c2ccc(N)cc2)c(=O)[nH]1. The molecule has 2 aromatic rings. The van der Waals surface area contributed by atoms with Crippen LogP contribution in [0.1, 0.15) is 34.6 Å². The number of amides is 1. The number of nitrogen functional groups attached to an aromatic ring is 1. The minimum atomic E-state index is -0.393. The highest BCUT2D eigenvalue weighted by molar-refractivity contribution is 5.94. The van der Waals surface area contributed by atoms with Gasteiger partial charge in [-0.3, -0.25) is 9.59 Å². The molecule has 20 heavy (non-hydrogen) atoms. The molecule has 1 amide bonds. The second-order valence-electron chi connectivity index (χ2n) is 4.75. The second kappa shape index (κ2) is 5.61. The molecule has 2 rings (SSSR count). The fourth-order valence-electron chi connectivity index (χ4n) is 1.89. The average Bonchev–Trinajstić information content (AvgIpc) is 2.39. The molecule has 1 heterocycles. The summed E-state index contributed by atoms with van der Waals surface area (Å²) in [7, 11) is 0. The predicted molar refractivity (Wildman–Crippen MR) is 78.5 cm³/mol. The minimum Gasteiger partial charge on any atom is -0.399 e. The van der Waals surface area contributed by atoms with Gasteiger partial charge in [-0.15, -0.1) is 0 Å². The molecular weight excluding hydrogens is 254 g/mol. The lowest BCUT2D eigenvalue weighted by Crippen LogP contribution is -2.31. The van der Waals surface area contributed by atoms with Crippen molar-refractivity contribution in [1.29, 1.82) is 0 Å². The van der Waals surface area contributed by atoms with Crippen LogP contribution in [0.2, 0.25) is 0 Å². The first-order valence-corrected chi connectivity index (χ1v) is 6.33. The summed E-state index contributed by atoms with van der Waals surface area (Å²) in [5.74, 6) is -0.393. The molecule has 1 unspecified atom stereocenters. The predicted octanol–water partition coefficient (Wildman–Crippen LogP) is 1.76. The Morgan fingerprint density at radius 1 is 1.20 bits per heavy atom. The van der Waals surface area contributed by atoms with E-state index in [-0.39, 0.29) is 17.2 Å². The Balaban J connectivity index is 2.15. The highest BCUT2D eigenvalue weighted by Crippen LogP contribution is 2.14. The molecule has 104 valence electrons. The van der Waals surface area contributed by atoms with Crippen LogP contribution in [0, 0.1) is 6.92 Å². The smallest absolute Gasteiger partial charge is 0.260 e. The molecule has 0 bridgehead atoms. The van der Waals surface area contributed by atoms with E-state index in [0.29, 0.717) is 5.69 Å². The summed E-state index contributed by atoms with van der Waals surface area (Å²) in [6, 6.07) is 10.3. The van der Waals surface area contributed by atoms with Gasteiger partial charge in [-0.05, 0) is 43.7 Å². The van der Waals surface area contributed by atoms with Crippen molar-refractivity contribution < 1.29 is 4.79 Å². The molecule has 0 aliphatic rings. The number of carbonyl (C=O) groups excluding carboxylic acids is 1. The normalized spacial score (nSPS) is 11.9. The number of aryl methyl sites for hydroxylation is 1. The van der Waals surface area contributed by atoms with Gasteiger partial charge < -0.3 is 16.0 Å². The number of anilines is 1. The summed E-state index contributed by atoms with van der Waals surface area (Å²) in [5, 5.41) is 2.79. The van der Waals surface area contributed by atoms with Crippen LogP contribution in [-0.2, 0) is 0 Å². The van der Waals surface area contributed by atoms with E-state index in [9.17, 15) is 9.59 Å². The molecule has 5 heteroatoms. The van der Waals surface area contributed by atoms with Crippen molar-refractivity contribution in [2.75, 3.05) is 5.73 Å². The Morgan fingerprint density at radius 2 is 1.85 bits per heavy atom. The fraction of sp³-hybridized carbons (Fsp3) is 0.200. The second-order valence-corrected chi connectivity index (χ2v) is 4.75. The molecule has 1 aromatic heterocycles. The third-order valence-corrected chi connectivity index (χ3v) is 3.08. The molecular formula is C15H17N3O2. The van der Waals surface area contributed by atoms with Gasteiger partial charge >= 0.3 is 0 Å². The molecule has 0 aliphatic carbocycles. The Bertz CT molecular complexity index is 674. The van der Waals surface area contributed by atoms with Gasteiger partial charge in [-0.2, -0.15) is 0 Å². The first kappa shape index (κ1) is 13.9. The Hall–Kier alpha value is -2.56. The number of rotatable bonds is 3. The van der Waals surface area contributed by atoms with Gasteiger partial charge in [-0.25, -0.2) is 0 Å². The molecule has 0 fully saturated rings. The molecule has 5 nitrogen and oxygen atoms in total. The number of H-pyrrole nitrogens is 1. The van der Waals surface area contributed by atoms with Gasteiger partial charge in [0.2, 0.25) is 0 Å². The van der Waals surface area contributed by atoms with Crippen LogP contribution in [-0.4, -0.2) is 10.9 Å². The number of aromatic amines is 1. The van der Waals surface area contributed by atoms with Gasteiger partial charge in [0.15, 0.2) is 0 Å². The number of aromatic nitrogens is 1. The van der Waals surface area contributed by atoms with Gasteiger partial charge in [0.05, 0.1) is 6.04 Å². The molecule has 4 N–H and O–H groups in total. The number of benzene rings is 1. The van der Waals surface area contributed by atoms with Crippen LogP contribution in [0.4, 0.5) is 5.69 Å². The zero-order valence-corrected chi connectivity index (χ0v) is 11.4. The molecule has 1 atom stereocenters. The van der Waals surface area contributed by atoms with Crippen molar-refractivity contribution in [2.24, 2.45) is 0 Å². The highest BCUT2D eigenvalue weighted by atomic mass is 16.2. The molecule has 0 saturated heterocycles. The van der Waals surface area contributed by atoms with E-state index in [1.165, 1.54) is 6.07 Å². The monoisotopic (exact) mass is 271 g/mol. The summed E-state index contributed by atoms with van der Waals surface area (Å²) in [5.41, 5.74) is 7.66. The number of hydrogen-bond acceptors (Lipinski definition) is 3. The number of carbonyl (C=O) groups is 1. The molecule has 0 aliphatic heterocycles. The fourth-order valence-corrected chi connectivity index (χ4v) is 1.89. The van der Waals surface area contributed by atoms with E-state index in [4.69, 9.17) is 5.73 Å². The zero-order chi connectivity index (χ0) is 14.7. The van der Waals surface area contributed by atoms with Crippen molar-refractivity contribution in [3.05, 3.63) is 63.6 Å². The van der Waals surface area contributed by atoms with Gasteiger partial charge in [0.25, 0.3) is 11.5 Å². The maximum atomic E-state index is 12.1. The van der Waals surface area contributed by atoms with Gasteiger partial charge in [0.1, 0.15) is 5.56 Å². The minimum absolute atomic E-state index is 0.109. The van der Waals surface area contributed by atoms with Crippen LogP contribution in [0.15, 0.2) is 41.2 Å². The van der Waals surface area contributed by atoms with Crippen LogP contribution in [0.5, 0.6) is 0 Å². The molecule has 0 saturated carbocycles. The third-order valence-electron chi connectivity index (χ3n) is 3.08. The largest absolute Gasteiger partial charge is 0.399 e. The quantitative estimate of drug-likeness (QED) is 0.743. The van der Waals surface area contributed by atoms with Crippen LogP contribution < -0.4 is 16.6 Å². The number of hydrogen-bond donors (Lipinski definition) is 3. The lowest BCUT2D eigenvalue weighted by Gasteiger charge is -2.14. The maximum absolute atomic E-state index is 12.1. The zero-order valence-electron chi connectivity index (χ0n) is 11.4. The van der Waals surface area contributed by atoms with E-state index in [1.54, 1.807) is 25.1 Å². The van der Waals surface area contributed by atoms with Gasteiger partial charge in [-0.1, -0.05) is 12.1 Å². The lowest BCUT2D eigenvalue weighted by atomic mass is 10.1. The summed E-state index contributed by atoms with van der Waals surface area (Å²) in [6.45, 7) is 3.62. The number of pyridine rings is 1. The number of nitrogens with one attached hydrogen (secondary N) is 2. The first-order chi connectivity index (χ1) is 9.47. The highest BCUT2D eigenvalue weighted by Gasteiger charge is 2.14. The summed E-state index contributed by atoms with van der Waals surface area (Å²) in [6.07, 6.45) is 0. The standard InChI is InChI=1S/C15H17N3O2/c1-9-3-8-13(14(19)17-9)15(20)18-10(2)11-4-6-12(16)7-5-11/h3-8,10H,16H2,1-2H3,(H,17,19)(H,18,20). The van der Waals surface area contributed by atoms with Crippen molar-refractivity contribution in [1.82, 2.24) is 10.3 Å². The molecule has 0 spiro atoms.